The van der Waals surface area contributed by atoms with Crippen LogP contribution >= 0.6 is 0 Å². The zero-order chi connectivity index (χ0) is 19.5. The SMILES string of the molecule is CCCC[C@H](OC(C(=O)OC)c1ccccc1)C(OC(C)C)OC(C)C. The molecule has 0 spiro atoms. The molecule has 0 aliphatic rings. The summed E-state index contributed by atoms with van der Waals surface area (Å²) in [5.41, 5.74) is 0.758. The number of methoxy groups -OCH3 is 1. The maximum atomic E-state index is 12.4. The zero-order valence-corrected chi connectivity index (χ0v) is 16.9. The Morgan fingerprint density at radius 3 is 2.00 bits per heavy atom. The second kappa shape index (κ2) is 12.0. The number of esters is 1. The molecule has 0 radical (unpaired) electrons. The highest BCUT2D eigenvalue weighted by atomic mass is 16.7. The Labute approximate surface area is 158 Å². The Morgan fingerprint density at radius 1 is 0.962 bits per heavy atom. The fourth-order valence-corrected chi connectivity index (χ4v) is 2.60. The van der Waals surface area contributed by atoms with E-state index < -0.39 is 18.4 Å². The Hall–Kier alpha value is -1.43. The van der Waals surface area contributed by atoms with Crippen LogP contribution in [-0.4, -0.2) is 37.7 Å². The van der Waals surface area contributed by atoms with Gasteiger partial charge in [0.05, 0.1) is 19.3 Å². The predicted molar refractivity (Wildman–Crippen MR) is 102 cm³/mol. The van der Waals surface area contributed by atoms with E-state index in [0.29, 0.717) is 0 Å². The van der Waals surface area contributed by atoms with Crippen molar-refractivity contribution in [3.8, 4) is 0 Å². The van der Waals surface area contributed by atoms with Gasteiger partial charge in [0, 0.05) is 0 Å². The number of benzene rings is 1. The lowest BCUT2D eigenvalue weighted by Crippen LogP contribution is -2.39. The van der Waals surface area contributed by atoms with Crippen LogP contribution in [0, 0.1) is 0 Å². The second-order valence-corrected chi connectivity index (χ2v) is 6.87. The summed E-state index contributed by atoms with van der Waals surface area (Å²) < 4.78 is 23.1. The average molecular weight is 366 g/mol. The molecule has 0 saturated heterocycles. The first-order chi connectivity index (χ1) is 12.4. The molecular formula is C21H34O5. The van der Waals surface area contributed by atoms with E-state index in [1.54, 1.807) is 0 Å². The summed E-state index contributed by atoms with van der Waals surface area (Å²) in [7, 11) is 1.37. The smallest absolute Gasteiger partial charge is 0.339 e. The van der Waals surface area contributed by atoms with Gasteiger partial charge in [0.1, 0.15) is 6.10 Å². The minimum absolute atomic E-state index is 0.0141. The lowest BCUT2D eigenvalue weighted by Gasteiger charge is -2.32. The van der Waals surface area contributed by atoms with Crippen molar-refractivity contribution in [2.45, 2.75) is 84.6 Å². The number of rotatable bonds is 12. The third kappa shape index (κ3) is 7.85. The number of hydrogen-bond acceptors (Lipinski definition) is 5. The van der Waals surface area contributed by atoms with Crippen LogP contribution in [0.5, 0.6) is 0 Å². The van der Waals surface area contributed by atoms with Gasteiger partial charge in [-0.05, 0) is 39.7 Å². The van der Waals surface area contributed by atoms with Gasteiger partial charge in [-0.2, -0.15) is 0 Å². The van der Waals surface area contributed by atoms with Gasteiger partial charge in [0.2, 0.25) is 0 Å². The van der Waals surface area contributed by atoms with Crippen LogP contribution in [0.2, 0.25) is 0 Å². The summed E-state index contributed by atoms with van der Waals surface area (Å²) in [6, 6.07) is 9.38. The third-order valence-electron chi connectivity index (χ3n) is 3.79. The van der Waals surface area contributed by atoms with E-state index in [-0.39, 0.29) is 18.3 Å². The molecule has 0 bridgehead atoms. The van der Waals surface area contributed by atoms with Gasteiger partial charge in [-0.15, -0.1) is 0 Å². The van der Waals surface area contributed by atoms with E-state index in [0.717, 1.165) is 24.8 Å². The van der Waals surface area contributed by atoms with E-state index in [2.05, 4.69) is 6.92 Å². The molecule has 1 unspecified atom stereocenters. The highest BCUT2D eigenvalue weighted by molar-refractivity contribution is 5.76. The molecule has 0 amide bonds. The number of carbonyl (C=O) groups excluding carboxylic acids is 1. The lowest BCUT2D eigenvalue weighted by atomic mass is 10.1. The number of unbranched alkanes of at least 4 members (excludes halogenated alkanes) is 1. The van der Waals surface area contributed by atoms with Crippen molar-refractivity contribution in [2.24, 2.45) is 0 Å². The minimum Gasteiger partial charge on any atom is -0.467 e. The molecule has 26 heavy (non-hydrogen) atoms. The molecule has 0 fully saturated rings. The topological polar surface area (TPSA) is 54.0 Å². The first kappa shape index (κ1) is 22.6. The molecule has 0 saturated carbocycles. The molecular weight excluding hydrogens is 332 g/mol. The first-order valence-electron chi connectivity index (χ1n) is 9.48. The van der Waals surface area contributed by atoms with Crippen molar-refractivity contribution in [3.63, 3.8) is 0 Å². The van der Waals surface area contributed by atoms with Gasteiger partial charge < -0.3 is 18.9 Å². The van der Waals surface area contributed by atoms with Crippen molar-refractivity contribution in [1.29, 1.82) is 0 Å². The maximum Gasteiger partial charge on any atom is 0.339 e. The fourth-order valence-electron chi connectivity index (χ4n) is 2.60. The molecule has 1 aromatic rings. The standard InChI is InChI=1S/C21H34O5/c1-7-8-14-18(21(24-15(2)3)25-16(4)5)26-19(20(22)23-6)17-12-10-9-11-13-17/h9-13,15-16,18-19,21H,7-8,14H2,1-6H3/t18-,19?/m0/s1. The molecule has 5 nitrogen and oxygen atoms in total. The van der Waals surface area contributed by atoms with Crippen LogP contribution in [0.3, 0.4) is 0 Å². The van der Waals surface area contributed by atoms with E-state index in [1.165, 1.54) is 7.11 Å². The molecule has 1 rings (SSSR count). The molecule has 0 N–H and O–H groups in total. The monoisotopic (exact) mass is 366 g/mol. The van der Waals surface area contributed by atoms with Crippen molar-refractivity contribution >= 4 is 5.97 Å². The van der Waals surface area contributed by atoms with Gasteiger partial charge in [0.25, 0.3) is 0 Å². The Balaban J connectivity index is 3.07. The normalized spacial score (nSPS) is 14.0. The quantitative estimate of drug-likeness (QED) is 0.398. The number of hydrogen-bond donors (Lipinski definition) is 0. The summed E-state index contributed by atoms with van der Waals surface area (Å²) in [4.78, 5) is 12.4. The van der Waals surface area contributed by atoms with Crippen LogP contribution in [0.1, 0.15) is 65.5 Å². The maximum absolute atomic E-state index is 12.4. The molecule has 0 aliphatic heterocycles. The van der Waals surface area contributed by atoms with Crippen LogP contribution in [0.25, 0.3) is 0 Å². The van der Waals surface area contributed by atoms with Crippen molar-refractivity contribution < 1.29 is 23.7 Å². The van der Waals surface area contributed by atoms with Crippen molar-refractivity contribution in [3.05, 3.63) is 35.9 Å². The summed E-state index contributed by atoms with van der Waals surface area (Å²) in [5.74, 6) is -0.425. The molecule has 0 aromatic heterocycles. The highest BCUT2D eigenvalue weighted by Crippen LogP contribution is 2.26. The molecule has 0 aliphatic carbocycles. The fraction of sp³-hybridized carbons (Fsp3) is 0.667. The first-order valence-corrected chi connectivity index (χ1v) is 9.48. The lowest BCUT2D eigenvalue weighted by molar-refractivity contribution is -0.246. The van der Waals surface area contributed by atoms with Gasteiger partial charge >= 0.3 is 5.97 Å². The van der Waals surface area contributed by atoms with Crippen molar-refractivity contribution in [1.82, 2.24) is 0 Å². The van der Waals surface area contributed by atoms with E-state index in [9.17, 15) is 4.79 Å². The Bertz CT molecular complexity index is 490. The predicted octanol–water partition coefficient (Wildman–Crippen LogP) is 4.65. The average Bonchev–Trinajstić information content (AvgIpc) is 2.60. The van der Waals surface area contributed by atoms with E-state index >= 15 is 0 Å². The molecule has 2 atom stereocenters. The van der Waals surface area contributed by atoms with E-state index in [1.807, 2.05) is 58.0 Å². The summed E-state index contributed by atoms with van der Waals surface area (Å²) in [6.45, 7) is 9.96. The zero-order valence-electron chi connectivity index (χ0n) is 16.9. The van der Waals surface area contributed by atoms with Gasteiger partial charge in [-0.3, -0.25) is 0 Å². The molecule has 1 aromatic carbocycles. The van der Waals surface area contributed by atoms with Crippen LogP contribution in [0.4, 0.5) is 0 Å². The molecule has 148 valence electrons. The van der Waals surface area contributed by atoms with Gasteiger partial charge in [0.15, 0.2) is 12.4 Å². The number of ether oxygens (including phenoxy) is 4. The Morgan fingerprint density at radius 2 is 1.54 bits per heavy atom. The third-order valence-corrected chi connectivity index (χ3v) is 3.79. The highest BCUT2D eigenvalue weighted by Gasteiger charge is 2.32. The molecule has 5 heteroatoms. The second-order valence-electron chi connectivity index (χ2n) is 6.87. The van der Waals surface area contributed by atoms with Gasteiger partial charge in [-0.25, -0.2) is 4.79 Å². The minimum atomic E-state index is -0.808. The molecule has 0 heterocycles. The van der Waals surface area contributed by atoms with Crippen LogP contribution in [-0.2, 0) is 23.7 Å². The van der Waals surface area contributed by atoms with Crippen LogP contribution in [0.15, 0.2) is 30.3 Å². The van der Waals surface area contributed by atoms with Gasteiger partial charge in [-0.1, -0.05) is 50.1 Å². The number of carbonyl (C=O) groups is 1. The van der Waals surface area contributed by atoms with Crippen LogP contribution < -0.4 is 0 Å². The summed E-state index contributed by atoms with van der Waals surface area (Å²) >= 11 is 0. The largest absolute Gasteiger partial charge is 0.467 e. The summed E-state index contributed by atoms with van der Waals surface area (Å²) in [6.07, 6.45) is 0.954. The summed E-state index contributed by atoms with van der Waals surface area (Å²) in [5, 5.41) is 0. The van der Waals surface area contributed by atoms with E-state index in [4.69, 9.17) is 18.9 Å². The Kier molecular flexibility index (Phi) is 10.5. The van der Waals surface area contributed by atoms with Crippen molar-refractivity contribution in [2.75, 3.05) is 7.11 Å².